The van der Waals surface area contributed by atoms with Crippen molar-refractivity contribution in [2.75, 3.05) is 25.0 Å². The molecule has 3 heterocycles. The Balaban J connectivity index is 1.38. The number of likely N-dealkylation sites (tertiary alicyclic amines) is 1. The SMILES string of the molecule is Cc1[nH]c(/C=C2\C(=O)Nc3ccc(F)cc32)c(C)c1C(=O)NC[C@@H](O)C[C@@H](O)CC(=O)N1CCCC1. The molecule has 9 nitrogen and oxygen atoms in total. The average molecular weight is 499 g/mol. The molecule has 5 N–H and O–H groups in total. The van der Waals surface area contributed by atoms with E-state index in [1.54, 1.807) is 24.8 Å². The third-order valence-electron chi connectivity index (χ3n) is 6.67. The number of aryl methyl sites for hydroxylation is 1. The van der Waals surface area contributed by atoms with Crippen LogP contribution in [-0.4, -0.2) is 69.7 Å². The van der Waals surface area contributed by atoms with Gasteiger partial charge in [0.25, 0.3) is 11.8 Å². The van der Waals surface area contributed by atoms with Crippen LogP contribution in [0.2, 0.25) is 0 Å². The molecule has 2 aliphatic rings. The molecule has 3 amide bonds. The summed E-state index contributed by atoms with van der Waals surface area (Å²) >= 11 is 0. The highest BCUT2D eigenvalue weighted by Crippen LogP contribution is 2.34. The second-order valence-corrected chi connectivity index (χ2v) is 9.41. The van der Waals surface area contributed by atoms with Crippen LogP contribution in [0.1, 0.15) is 58.6 Å². The van der Waals surface area contributed by atoms with Gasteiger partial charge in [0.05, 0.1) is 29.8 Å². The zero-order chi connectivity index (χ0) is 26.0. The topological polar surface area (TPSA) is 135 Å². The molecule has 1 aromatic heterocycles. The van der Waals surface area contributed by atoms with Crippen LogP contribution in [0.5, 0.6) is 0 Å². The number of carbonyl (C=O) groups excluding carboxylic acids is 3. The summed E-state index contributed by atoms with van der Waals surface area (Å²) in [5, 5.41) is 25.8. The lowest BCUT2D eigenvalue weighted by Gasteiger charge is -2.20. The molecule has 2 aliphatic heterocycles. The van der Waals surface area contributed by atoms with Gasteiger partial charge in [-0.15, -0.1) is 0 Å². The number of aromatic amines is 1. The maximum atomic E-state index is 13.7. The van der Waals surface area contributed by atoms with Crippen LogP contribution < -0.4 is 10.6 Å². The number of hydrogen-bond acceptors (Lipinski definition) is 5. The summed E-state index contributed by atoms with van der Waals surface area (Å²) in [5.74, 6) is -1.37. The van der Waals surface area contributed by atoms with Gasteiger partial charge >= 0.3 is 0 Å². The van der Waals surface area contributed by atoms with Crippen molar-refractivity contribution in [3.63, 3.8) is 0 Å². The highest BCUT2D eigenvalue weighted by Gasteiger charge is 2.27. The van der Waals surface area contributed by atoms with E-state index >= 15 is 0 Å². The molecule has 2 atom stereocenters. The molecule has 10 heteroatoms. The number of amides is 3. The fourth-order valence-corrected chi connectivity index (χ4v) is 4.78. The van der Waals surface area contributed by atoms with Gasteiger partial charge in [-0.1, -0.05) is 0 Å². The average Bonchev–Trinajstić information content (AvgIpc) is 3.52. The highest BCUT2D eigenvalue weighted by molar-refractivity contribution is 6.34. The molecule has 1 saturated heterocycles. The molecule has 192 valence electrons. The van der Waals surface area contributed by atoms with Crippen LogP contribution in [0.4, 0.5) is 10.1 Å². The van der Waals surface area contributed by atoms with Gasteiger partial charge in [-0.3, -0.25) is 14.4 Å². The number of rotatable bonds is 8. The Hall–Kier alpha value is -3.50. The Kier molecular flexibility index (Phi) is 7.56. The van der Waals surface area contributed by atoms with Gasteiger partial charge in [0.15, 0.2) is 0 Å². The summed E-state index contributed by atoms with van der Waals surface area (Å²) in [6.45, 7) is 4.76. The monoisotopic (exact) mass is 498 g/mol. The summed E-state index contributed by atoms with van der Waals surface area (Å²) in [7, 11) is 0. The van der Waals surface area contributed by atoms with Crippen molar-refractivity contribution in [1.82, 2.24) is 15.2 Å². The van der Waals surface area contributed by atoms with Crippen LogP contribution in [0.15, 0.2) is 18.2 Å². The van der Waals surface area contributed by atoms with E-state index in [0.717, 1.165) is 12.8 Å². The van der Waals surface area contributed by atoms with Crippen molar-refractivity contribution in [3.8, 4) is 0 Å². The molecule has 0 aliphatic carbocycles. The Bertz CT molecular complexity index is 1220. The molecule has 0 spiro atoms. The molecular weight excluding hydrogens is 467 g/mol. The summed E-state index contributed by atoms with van der Waals surface area (Å²) in [4.78, 5) is 42.3. The molecule has 2 aromatic rings. The summed E-state index contributed by atoms with van der Waals surface area (Å²) in [5.41, 5.74) is 3.33. The zero-order valence-electron chi connectivity index (χ0n) is 20.4. The maximum Gasteiger partial charge on any atom is 0.256 e. The van der Waals surface area contributed by atoms with Crippen molar-refractivity contribution >= 4 is 35.1 Å². The number of halogens is 1. The van der Waals surface area contributed by atoms with Crippen molar-refractivity contribution < 1.29 is 29.0 Å². The van der Waals surface area contributed by atoms with Crippen molar-refractivity contribution in [1.29, 1.82) is 0 Å². The molecule has 0 unspecified atom stereocenters. The van der Waals surface area contributed by atoms with Crippen molar-refractivity contribution in [3.05, 3.63) is 52.1 Å². The van der Waals surface area contributed by atoms with E-state index in [9.17, 15) is 29.0 Å². The molecular formula is C26H31FN4O5. The predicted molar refractivity (Wildman–Crippen MR) is 133 cm³/mol. The van der Waals surface area contributed by atoms with Crippen molar-refractivity contribution in [2.45, 2.75) is 51.7 Å². The first-order chi connectivity index (χ1) is 17.1. The predicted octanol–water partition coefficient (Wildman–Crippen LogP) is 2.12. The lowest BCUT2D eigenvalue weighted by Crippen LogP contribution is -2.36. The number of carbonyl (C=O) groups is 3. The Morgan fingerprint density at radius 2 is 1.92 bits per heavy atom. The van der Waals surface area contributed by atoms with E-state index in [0.29, 0.717) is 46.9 Å². The van der Waals surface area contributed by atoms with E-state index in [4.69, 9.17) is 0 Å². The number of H-pyrrole nitrogens is 1. The first kappa shape index (κ1) is 25.6. The Labute approximate surface area is 208 Å². The van der Waals surface area contributed by atoms with Crippen LogP contribution >= 0.6 is 0 Å². The van der Waals surface area contributed by atoms with Crippen LogP contribution in [0, 0.1) is 19.7 Å². The normalized spacial score (nSPS) is 17.8. The van der Waals surface area contributed by atoms with E-state index in [2.05, 4.69) is 15.6 Å². The first-order valence-corrected chi connectivity index (χ1v) is 12.1. The first-order valence-electron chi connectivity index (χ1n) is 12.1. The largest absolute Gasteiger partial charge is 0.392 e. The molecule has 0 saturated carbocycles. The summed E-state index contributed by atoms with van der Waals surface area (Å²) in [6, 6.07) is 4.05. The molecule has 1 fully saturated rings. The smallest absolute Gasteiger partial charge is 0.256 e. The van der Waals surface area contributed by atoms with Gasteiger partial charge in [-0.05, 0) is 56.5 Å². The van der Waals surface area contributed by atoms with Crippen LogP contribution in [-0.2, 0) is 9.59 Å². The minimum absolute atomic E-state index is 0.0343. The van der Waals surface area contributed by atoms with Crippen LogP contribution in [0.3, 0.4) is 0 Å². The van der Waals surface area contributed by atoms with E-state index < -0.39 is 23.9 Å². The van der Waals surface area contributed by atoms with E-state index in [1.807, 2.05) is 0 Å². The number of aromatic nitrogens is 1. The quantitative estimate of drug-likeness (QED) is 0.356. The minimum Gasteiger partial charge on any atom is -0.392 e. The lowest BCUT2D eigenvalue weighted by molar-refractivity contribution is -0.132. The van der Waals surface area contributed by atoms with Gasteiger partial charge in [0.1, 0.15) is 5.82 Å². The summed E-state index contributed by atoms with van der Waals surface area (Å²) in [6.07, 6.45) is 1.41. The number of nitrogens with one attached hydrogen (secondary N) is 3. The Morgan fingerprint density at radius 1 is 1.19 bits per heavy atom. The van der Waals surface area contributed by atoms with Gasteiger partial charge < -0.3 is 30.7 Å². The van der Waals surface area contributed by atoms with Gasteiger partial charge in [0.2, 0.25) is 5.91 Å². The number of aliphatic hydroxyl groups is 2. The third-order valence-corrected chi connectivity index (χ3v) is 6.67. The molecule has 0 bridgehead atoms. The number of benzene rings is 1. The fraction of sp³-hybridized carbons (Fsp3) is 0.423. The van der Waals surface area contributed by atoms with E-state index in [-0.39, 0.29) is 36.8 Å². The minimum atomic E-state index is -1.02. The van der Waals surface area contributed by atoms with E-state index in [1.165, 1.54) is 18.2 Å². The summed E-state index contributed by atoms with van der Waals surface area (Å²) < 4.78 is 13.7. The molecule has 0 radical (unpaired) electrons. The third kappa shape index (κ3) is 5.50. The van der Waals surface area contributed by atoms with Crippen molar-refractivity contribution in [2.24, 2.45) is 0 Å². The lowest BCUT2D eigenvalue weighted by atomic mass is 10.0. The highest BCUT2D eigenvalue weighted by atomic mass is 19.1. The van der Waals surface area contributed by atoms with Gasteiger partial charge in [-0.25, -0.2) is 4.39 Å². The van der Waals surface area contributed by atoms with Gasteiger partial charge in [-0.2, -0.15) is 0 Å². The number of nitrogens with zero attached hydrogens (tertiary/aromatic N) is 1. The molecule has 4 rings (SSSR count). The maximum absolute atomic E-state index is 13.7. The number of fused-ring (bicyclic) bond motifs is 1. The Morgan fingerprint density at radius 3 is 2.64 bits per heavy atom. The zero-order valence-corrected chi connectivity index (χ0v) is 20.4. The van der Waals surface area contributed by atoms with Gasteiger partial charge in [0, 0.05) is 48.7 Å². The number of anilines is 1. The molecule has 1 aromatic carbocycles. The fourth-order valence-electron chi connectivity index (χ4n) is 4.78. The second kappa shape index (κ2) is 10.6. The molecule has 36 heavy (non-hydrogen) atoms. The number of aliphatic hydroxyl groups excluding tert-OH is 2. The standard InChI is InChI=1S/C26H31FN4O5/c1-14-22(12-20-19-9-16(27)5-6-21(19)30-25(20)35)29-15(2)24(14)26(36)28-13-18(33)10-17(32)11-23(34)31-7-3-4-8-31/h5-6,9,12,17-18,29,32-33H,3-4,7-8,10-11,13H2,1-2H3,(H,28,36)(H,30,35)/b20-12-/t17-,18+/m1/s1. The second-order valence-electron chi connectivity index (χ2n) is 9.41. The van der Waals surface area contributed by atoms with Crippen LogP contribution in [0.25, 0.3) is 11.6 Å². The number of hydrogen-bond donors (Lipinski definition) is 5.